The van der Waals surface area contributed by atoms with Crippen molar-refractivity contribution in [3.8, 4) is 0 Å². The van der Waals surface area contributed by atoms with E-state index in [-0.39, 0.29) is 12.0 Å². The van der Waals surface area contributed by atoms with Crippen LogP contribution >= 0.6 is 0 Å². The minimum absolute atomic E-state index is 0.0339. The van der Waals surface area contributed by atoms with Gasteiger partial charge in [0.15, 0.2) is 23.3 Å². The second-order valence-electron chi connectivity index (χ2n) is 6.45. The summed E-state index contributed by atoms with van der Waals surface area (Å²) in [6.45, 7) is 3.62. The van der Waals surface area contributed by atoms with E-state index in [0.29, 0.717) is 19.3 Å². The maximum atomic E-state index is 14.7. The summed E-state index contributed by atoms with van der Waals surface area (Å²) in [6, 6.07) is 0. The number of hydrogen-bond acceptors (Lipinski definition) is 2. The highest BCUT2D eigenvalue weighted by Gasteiger charge is 2.34. The molecule has 1 atom stereocenters. The second-order valence-corrected chi connectivity index (χ2v) is 6.45. The highest BCUT2D eigenvalue weighted by atomic mass is 19.2. The maximum absolute atomic E-state index is 14.7. The van der Waals surface area contributed by atoms with Crippen LogP contribution in [0.2, 0.25) is 0 Å². The van der Waals surface area contributed by atoms with Gasteiger partial charge in [0.05, 0.1) is 7.11 Å². The molecule has 1 aliphatic rings. The van der Waals surface area contributed by atoms with E-state index in [4.69, 9.17) is 0 Å². The summed E-state index contributed by atoms with van der Waals surface area (Å²) in [6.07, 6.45) is 5.15. The topological polar surface area (TPSA) is 26.3 Å². The molecular formula is C20H22F4O2. The van der Waals surface area contributed by atoms with E-state index in [1.54, 1.807) is 6.92 Å². The Kier molecular flexibility index (Phi) is 6.62. The number of unbranched alkanes of at least 4 members (excludes halogenated alkanes) is 2. The van der Waals surface area contributed by atoms with Gasteiger partial charge in [-0.25, -0.2) is 22.4 Å². The van der Waals surface area contributed by atoms with Gasteiger partial charge in [0.2, 0.25) is 0 Å². The molecule has 0 saturated carbocycles. The van der Waals surface area contributed by atoms with E-state index < -0.39 is 46.3 Å². The molecule has 1 aromatic carbocycles. The summed E-state index contributed by atoms with van der Waals surface area (Å²) in [7, 11) is 1.14. The zero-order valence-electron chi connectivity index (χ0n) is 15.1. The fraction of sp³-hybridized carbons (Fsp3) is 0.450. The normalized spacial score (nSPS) is 17.0. The lowest BCUT2D eigenvalue weighted by molar-refractivity contribution is -0.136. The third-order valence-corrected chi connectivity index (χ3v) is 4.58. The van der Waals surface area contributed by atoms with Crippen molar-refractivity contribution in [2.45, 2.75) is 51.9 Å². The number of carbonyl (C=O) groups excluding carboxylic acids is 1. The number of benzene rings is 1. The van der Waals surface area contributed by atoms with E-state index in [2.05, 4.69) is 4.74 Å². The molecule has 2 nitrogen and oxygen atoms in total. The largest absolute Gasteiger partial charge is 0.466 e. The molecule has 0 amide bonds. The standard InChI is InChI=1S/C20H22F4O2/c1-4-5-6-7-13-16(21)18(23)15(19(24)17(13)22)14-10-11(2)8-9-12(14)20(25)26-3/h9-10,14H,4-8H2,1-3H3. The highest BCUT2D eigenvalue weighted by Crippen LogP contribution is 2.38. The minimum Gasteiger partial charge on any atom is -0.466 e. The number of esters is 1. The molecule has 6 heteroatoms. The first-order chi connectivity index (χ1) is 12.3. The lowest BCUT2D eigenvalue weighted by atomic mass is 9.83. The molecule has 1 aromatic rings. The SMILES string of the molecule is CCCCCc1c(F)c(F)c(C2C=C(C)CC=C2C(=O)OC)c(F)c1F. The van der Waals surface area contributed by atoms with Crippen molar-refractivity contribution in [3.63, 3.8) is 0 Å². The van der Waals surface area contributed by atoms with Crippen LogP contribution in [-0.2, 0) is 16.0 Å². The molecule has 2 rings (SSSR count). The average molecular weight is 370 g/mol. The highest BCUT2D eigenvalue weighted by molar-refractivity contribution is 5.91. The molecule has 0 aromatic heterocycles. The van der Waals surface area contributed by atoms with Crippen LogP contribution in [0.4, 0.5) is 17.6 Å². The molecule has 0 fully saturated rings. The minimum atomic E-state index is -1.46. The summed E-state index contributed by atoms with van der Waals surface area (Å²) < 4.78 is 62.9. The second kappa shape index (κ2) is 8.52. The Hall–Kier alpha value is -2.11. The van der Waals surface area contributed by atoms with Crippen molar-refractivity contribution in [3.05, 3.63) is 57.7 Å². The van der Waals surface area contributed by atoms with Crippen molar-refractivity contribution in [2.24, 2.45) is 0 Å². The summed E-state index contributed by atoms with van der Waals surface area (Å²) in [5.41, 5.74) is -0.685. The quantitative estimate of drug-likeness (QED) is 0.217. The van der Waals surface area contributed by atoms with Crippen LogP contribution in [0.25, 0.3) is 0 Å². The molecule has 0 aliphatic heterocycles. The summed E-state index contributed by atoms with van der Waals surface area (Å²) in [4.78, 5) is 11.9. The molecule has 0 radical (unpaired) electrons. The predicted octanol–water partition coefficient (Wildman–Crippen LogP) is 5.51. The van der Waals surface area contributed by atoms with E-state index in [1.807, 2.05) is 6.92 Å². The number of allylic oxidation sites excluding steroid dienone is 3. The summed E-state index contributed by atoms with van der Waals surface area (Å²) in [5, 5.41) is 0. The van der Waals surface area contributed by atoms with Crippen molar-refractivity contribution >= 4 is 5.97 Å². The van der Waals surface area contributed by atoms with Crippen LogP contribution < -0.4 is 0 Å². The zero-order valence-corrected chi connectivity index (χ0v) is 15.1. The fourth-order valence-corrected chi connectivity index (χ4v) is 3.15. The molecule has 0 spiro atoms. The van der Waals surface area contributed by atoms with Gasteiger partial charge in [0, 0.05) is 22.6 Å². The number of ether oxygens (including phenoxy) is 1. The van der Waals surface area contributed by atoms with E-state index in [1.165, 1.54) is 12.2 Å². The molecule has 26 heavy (non-hydrogen) atoms. The van der Waals surface area contributed by atoms with Gasteiger partial charge < -0.3 is 4.74 Å². The lowest BCUT2D eigenvalue weighted by Crippen LogP contribution is -2.19. The monoisotopic (exact) mass is 370 g/mol. The number of methoxy groups -OCH3 is 1. The van der Waals surface area contributed by atoms with Crippen LogP contribution in [0.5, 0.6) is 0 Å². The van der Waals surface area contributed by atoms with Gasteiger partial charge in [0.25, 0.3) is 0 Å². The van der Waals surface area contributed by atoms with Gasteiger partial charge in [-0.2, -0.15) is 0 Å². The van der Waals surface area contributed by atoms with Crippen molar-refractivity contribution < 1.29 is 27.1 Å². The Bertz CT molecular complexity index is 737. The first-order valence-corrected chi connectivity index (χ1v) is 8.63. The van der Waals surface area contributed by atoms with Crippen molar-refractivity contribution in [1.29, 1.82) is 0 Å². The Morgan fingerprint density at radius 1 is 1.12 bits per heavy atom. The maximum Gasteiger partial charge on any atom is 0.334 e. The zero-order chi connectivity index (χ0) is 19.4. The molecule has 1 unspecified atom stereocenters. The average Bonchev–Trinajstić information content (AvgIpc) is 2.62. The first kappa shape index (κ1) is 20.2. The van der Waals surface area contributed by atoms with Crippen LogP contribution in [0.1, 0.15) is 56.6 Å². The van der Waals surface area contributed by atoms with Gasteiger partial charge in [-0.3, -0.25) is 0 Å². The Labute approximate surface area is 150 Å². The smallest absolute Gasteiger partial charge is 0.334 e. The molecule has 0 saturated heterocycles. The third kappa shape index (κ3) is 3.84. The van der Waals surface area contributed by atoms with Crippen LogP contribution in [-0.4, -0.2) is 13.1 Å². The lowest BCUT2D eigenvalue weighted by Gasteiger charge is -2.23. The first-order valence-electron chi connectivity index (χ1n) is 8.63. The number of hydrogen-bond donors (Lipinski definition) is 0. The number of halogens is 4. The van der Waals surface area contributed by atoms with Gasteiger partial charge in [-0.1, -0.05) is 37.5 Å². The Balaban J connectivity index is 2.57. The van der Waals surface area contributed by atoms with Crippen LogP contribution in [0.3, 0.4) is 0 Å². The van der Waals surface area contributed by atoms with Crippen molar-refractivity contribution in [2.75, 3.05) is 7.11 Å². The van der Waals surface area contributed by atoms with Crippen LogP contribution in [0.15, 0.2) is 23.3 Å². The van der Waals surface area contributed by atoms with Crippen LogP contribution in [0, 0.1) is 23.3 Å². The molecule has 142 valence electrons. The molecular weight excluding hydrogens is 348 g/mol. The van der Waals surface area contributed by atoms with E-state index in [0.717, 1.165) is 19.1 Å². The summed E-state index contributed by atoms with van der Waals surface area (Å²) in [5.74, 6) is -7.72. The number of rotatable bonds is 6. The third-order valence-electron chi connectivity index (χ3n) is 4.58. The molecule has 0 N–H and O–H groups in total. The Morgan fingerprint density at radius 2 is 1.73 bits per heavy atom. The van der Waals surface area contributed by atoms with Crippen molar-refractivity contribution in [1.82, 2.24) is 0 Å². The van der Waals surface area contributed by atoms with Gasteiger partial charge in [-0.15, -0.1) is 0 Å². The molecule has 0 heterocycles. The predicted molar refractivity (Wildman–Crippen MR) is 90.7 cm³/mol. The van der Waals surface area contributed by atoms with Gasteiger partial charge >= 0.3 is 5.97 Å². The van der Waals surface area contributed by atoms with E-state index >= 15 is 0 Å². The van der Waals surface area contributed by atoms with Gasteiger partial charge in [-0.05, 0) is 26.2 Å². The Morgan fingerprint density at radius 3 is 2.27 bits per heavy atom. The number of carbonyl (C=O) groups is 1. The molecule has 1 aliphatic carbocycles. The molecule has 0 bridgehead atoms. The summed E-state index contributed by atoms with van der Waals surface area (Å²) >= 11 is 0. The van der Waals surface area contributed by atoms with E-state index in [9.17, 15) is 22.4 Å². The fourth-order valence-electron chi connectivity index (χ4n) is 3.15. The van der Waals surface area contributed by atoms with Gasteiger partial charge in [0.1, 0.15) is 0 Å².